The van der Waals surface area contributed by atoms with E-state index in [1.165, 1.54) is 30.3 Å². The highest BCUT2D eigenvalue weighted by atomic mass is 32.2. The normalized spacial score (nSPS) is 12.8. The summed E-state index contributed by atoms with van der Waals surface area (Å²) < 4.78 is 48.7. The smallest absolute Gasteiger partial charge is 0.449 e. The maximum absolute atomic E-state index is 13.8. The summed E-state index contributed by atoms with van der Waals surface area (Å²) in [6.45, 7) is 3.05. The zero-order chi connectivity index (χ0) is 45.0. The van der Waals surface area contributed by atoms with Crippen molar-refractivity contribution < 1.29 is 56.1 Å². The van der Waals surface area contributed by atoms with Gasteiger partial charge in [0.25, 0.3) is 15.8 Å². The summed E-state index contributed by atoms with van der Waals surface area (Å²) in [5.41, 5.74) is 9.76. The van der Waals surface area contributed by atoms with Gasteiger partial charge in [-0.3, -0.25) is 24.3 Å². The van der Waals surface area contributed by atoms with Crippen LogP contribution in [0.5, 0.6) is 5.75 Å². The van der Waals surface area contributed by atoms with Crippen LogP contribution in [0, 0.1) is 16.0 Å². The minimum atomic E-state index is -4.45. The number of nitro benzene ring substituents is 1. The highest BCUT2D eigenvalue weighted by Crippen LogP contribution is 2.44. The Morgan fingerprint density at radius 1 is 0.855 bits per heavy atom. The van der Waals surface area contributed by atoms with E-state index < -0.39 is 75.5 Å². The molecule has 5 amide bonds. The fraction of sp³-hybridized carbons (Fsp3) is 0.310. The minimum absolute atomic E-state index is 0.00597. The van der Waals surface area contributed by atoms with Crippen molar-refractivity contribution >= 4 is 51.6 Å². The molecule has 5 rings (SSSR count). The molecule has 1 aliphatic carbocycles. The fourth-order valence-electron chi connectivity index (χ4n) is 6.79. The molecule has 20 heteroatoms. The SMILES string of the molecule is CC(C)C(NC(=O)OCC1c2ccccc2-c2ccccc21)C(=O)NC(CCCNC(N)=O)C(=O)Nc1ccc(COC(=O)Oc2ccc([N+](=O)[O-])cc2)c(CCS(=O)(=O)O)c1. The number of nitrogens with one attached hydrogen (secondary N) is 4. The number of nitrogens with zero attached hydrogens (tertiary/aromatic N) is 1. The number of nitro groups is 1. The molecule has 0 fully saturated rings. The maximum Gasteiger partial charge on any atom is 0.514 e. The molecule has 0 bridgehead atoms. The van der Waals surface area contributed by atoms with Crippen molar-refractivity contribution in [2.75, 3.05) is 24.2 Å². The number of hydrogen-bond donors (Lipinski definition) is 6. The Balaban J connectivity index is 1.25. The first-order valence-electron chi connectivity index (χ1n) is 19.4. The van der Waals surface area contributed by atoms with Gasteiger partial charge in [0.15, 0.2) is 0 Å². The lowest BCUT2D eigenvalue weighted by molar-refractivity contribution is -0.384. The monoisotopic (exact) mass is 874 g/mol. The van der Waals surface area contributed by atoms with Crippen molar-refractivity contribution in [3.05, 3.63) is 123 Å². The molecule has 0 heterocycles. The first-order chi connectivity index (χ1) is 29.5. The van der Waals surface area contributed by atoms with Crippen molar-refractivity contribution in [1.82, 2.24) is 16.0 Å². The number of hydrogen-bond acceptors (Lipinski definition) is 12. The van der Waals surface area contributed by atoms with E-state index in [1.807, 2.05) is 48.5 Å². The summed E-state index contributed by atoms with van der Waals surface area (Å²) in [5, 5.41) is 21.3. The van der Waals surface area contributed by atoms with Crippen LogP contribution in [0.3, 0.4) is 0 Å². The highest BCUT2D eigenvalue weighted by molar-refractivity contribution is 7.85. The Labute approximate surface area is 356 Å². The molecule has 4 aromatic carbocycles. The number of alkyl carbamates (subject to hydrolysis) is 1. The zero-order valence-corrected chi connectivity index (χ0v) is 34.5. The average molecular weight is 875 g/mol. The molecule has 62 heavy (non-hydrogen) atoms. The summed E-state index contributed by atoms with van der Waals surface area (Å²) in [6.07, 6.45) is -2.08. The van der Waals surface area contributed by atoms with Gasteiger partial charge in [0.1, 0.15) is 31.0 Å². The van der Waals surface area contributed by atoms with Crippen molar-refractivity contribution in [2.24, 2.45) is 11.7 Å². The number of carbonyl (C=O) groups is 5. The van der Waals surface area contributed by atoms with E-state index in [0.29, 0.717) is 0 Å². The number of urea groups is 1. The van der Waals surface area contributed by atoms with Crippen LogP contribution in [-0.4, -0.2) is 79.0 Å². The van der Waals surface area contributed by atoms with Crippen LogP contribution in [-0.2, 0) is 42.2 Å². The van der Waals surface area contributed by atoms with Crippen LogP contribution in [0.2, 0.25) is 0 Å². The van der Waals surface area contributed by atoms with E-state index in [2.05, 4.69) is 21.3 Å². The lowest BCUT2D eigenvalue weighted by Crippen LogP contribution is -2.54. The van der Waals surface area contributed by atoms with E-state index in [0.717, 1.165) is 34.4 Å². The summed E-state index contributed by atoms with van der Waals surface area (Å²) in [5.74, 6) is -2.84. The summed E-state index contributed by atoms with van der Waals surface area (Å²) in [7, 11) is -4.45. The maximum atomic E-state index is 13.8. The Kier molecular flexibility index (Phi) is 15.6. The first-order valence-corrected chi connectivity index (χ1v) is 21.0. The zero-order valence-electron chi connectivity index (χ0n) is 33.7. The van der Waals surface area contributed by atoms with Gasteiger partial charge in [-0.15, -0.1) is 0 Å². The molecule has 0 radical (unpaired) electrons. The molecular weight excluding hydrogens is 829 g/mol. The Morgan fingerprint density at radius 2 is 1.50 bits per heavy atom. The molecule has 7 N–H and O–H groups in total. The van der Waals surface area contributed by atoms with Crippen LogP contribution in [0.15, 0.2) is 91.0 Å². The summed E-state index contributed by atoms with van der Waals surface area (Å²) in [4.78, 5) is 74.7. The van der Waals surface area contributed by atoms with Gasteiger partial charge in [0.05, 0.1) is 10.7 Å². The molecule has 4 aromatic rings. The number of aryl methyl sites for hydroxylation is 1. The van der Waals surface area contributed by atoms with E-state index in [1.54, 1.807) is 13.8 Å². The second-order valence-electron chi connectivity index (χ2n) is 14.6. The molecule has 0 saturated heterocycles. The first kappa shape index (κ1) is 46.0. The van der Waals surface area contributed by atoms with Crippen LogP contribution in [0.25, 0.3) is 11.1 Å². The van der Waals surface area contributed by atoms with Gasteiger partial charge in [0.2, 0.25) is 11.8 Å². The van der Waals surface area contributed by atoms with Crippen LogP contribution in [0.1, 0.15) is 54.9 Å². The topological polar surface area (TPSA) is 285 Å². The number of fused-ring (bicyclic) bond motifs is 3. The minimum Gasteiger partial charge on any atom is -0.449 e. The summed E-state index contributed by atoms with van der Waals surface area (Å²) >= 11 is 0. The molecule has 19 nitrogen and oxygen atoms in total. The molecule has 328 valence electrons. The van der Waals surface area contributed by atoms with Crippen molar-refractivity contribution in [3.63, 3.8) is 0 Å². The predicted molar refractivity (Wildman–Crippen MR) is 225 cm³/mol. The third-order valence-corrected chi connectivity index (χ3v) is 10.6. The lowest BCUT2D eigenvalue weighted by atomic mass is 9.98. The molecule has 2 unspecified atom stereocenters. The van der Waals surface area contributed by atoms with Crippen molar-refractivity contribution in [2.45, 2.75) is 57.7 Å². The highest BCUT2D eigenvalue weighted by Gasteiger charge is 2.32. The number of rotatable bonds is 19. The van der Waals surface area contributed by atoms with Gasteiger partial charge < -0.3 is 41.2 Å². The van der Waals surface area contributed by atoms with E-state index in [-0.39, 0.29) is 66.6 Å². The predicted octanol–water partition coefficient (Wildman–Crippen LogP) is 5.18. The second kappa shape index (κ2) is 21.0. The number of non-ortho nitro benzene ring substituents is 1. The largest absolute Gasteiger partial charge is 0.514 e. The Bertz CT molecular complexity index is 2360. The molecule has 0 spiro atoms. The molecule has 0 saturated carbocycles. The average Bonchev–Trinajstić information content (AvgIpc) is 3.54. The third-order valence-electron chi connectivity index (χ3n) is 9.87. The van der Waals surface area contributed by atoms with Gasteiger partial charge in [0, 0.05) is 30.3 Å². The van der Waals surface area contributed by atoms with Crippen molar-refractivity contribution in [3.8, 4) is 16.9 Å². The van der Waals surface area contributed by atoms with E-state index in [9.17, 15) is 47.1 Å². The summed E-state index contributed by atoms with van der Waals surface area (Å²) in [6, 6.07) is 21.4. The van der Waals surface area contributed by atoms with Gasteiger partial charge in [-0.05, 0) is 82.8 Å². The van der Waals surface area contributed by atoms with E-state index >= 15 is 0 Å². The molecule has 0 aliphatic heterocycles. The molecule has 0 aromatic heterocycles. The van der Waals surface area contributed by atoms with Gasteiger partial charge >= 0.3 is 18.3 Å². The number of anilines is 1. The van der Waals surface area contributed by atoms with Crippen LogP contribution < -0.4 is 31.7 Å². The third kappa shape index (κ3) is 13.0. The second-order valence-corrected chi connectivity index (χ2v) is 16.2. The van der Waals surface area contributed by atoms with Gasteiger partial charge in [-0.2, -0.15) is 8.42 Å². The molecular formula is C42H46N6O13S. The number of primary amides is 1. The van der Waals surface area contributed by atoms with Gasteiger partial charge in [-0.1, -0.05) is 68.4 Å². The van der Waals surface area contributed by atoms with Crippen LogP contribution >= 0.6 is 0 Å². The molecule has 1 aliphatic rings. The Morgan fingerprint density at radius 3 is 2.10 bits per heavy atom. The number of amides is 5. The standard InChI is InChI=1S/C42H46N6O13S/c1-25(2)37(47-41(52)59-24-35-33-10-5-3-8-31(33)32-9-4-6-11-34(32)35)39(50)46-36(12-7-20-44-40(43)51)38(49)45-28-14-13-27(26(22-28)19-21-62(56,57)58)23-60-42(53)61-30-17-15-29(16-18-30)48(54)55/h3-6,8-11,13-18,22,25,35-37H,7,12,19-21,23-24H2,1-2H3,(H,45,49)(H,46,50)(H,47,52)(H3,43,44,51)(H,56,57,58). The van der Waals surface area contributed by atoms with Crippen LogP contribution in [0.4, 0.5) is 25.8 Å². The fourth-order valence-corrected chi connectivity index (χ4v) is 7.27. The number of carbonyl (C=O) groups excluding carboxylic acids is 5. The Hall–Kier alpha value is -7.06. The lowest BCUT2D eigenvalue weighted by Gasteiger charge is -2.25. The van der Waals surface area contributed by atoms with Crippen molar-refractivity contribution in [1.29, 1.82) is 0 Å². The number of benzene rings is 4. The number of ether oxygens (including phenoxy) is 3. The van der Waals surface area contributed by atoms with E-state index in [4.69, 9.17) is 19.9 Å². The quantitative estimate of drug-likeness (QED) is 0.0177. The number of nitrogens with two attached hydrogens (primary N) is 1. The van der Waals surface area contributed by atoms with Gasteiger partial charge in [-0.25, -0.2) is 14.4 Å². The molecule has 2 atom stereocenters.